The van der Waals surface area contributed by atoms with Gasteiger partial charge in [0.25, 0.3) is 0 Å². The summed E-state index contributed by atoms with van der Waals surface area (Å²) >= 11 is 0. The lowest BCUT2D eigenvalue weighted by molar-refractivity contribution is -0.298. The van der Waals surface area contributed by atoms with Crippen molar-refractivity contribution >= 4 is 16.3 Å². The van der Waals surface area contributed by atoms with Crippen molar-refractivity contribution in [2.45, 2.75) is 281 Å². The molecule has 7 unspecified atom stereocenters. The average molecular weight is 906 g/mol. The number of hydrogen-bond donors (Lipinski definition) is 6. The third-order valence-electron chi connectivity index (χ3n) is 12.3. The van der Waals surface area contributed by atoms with E-state index in [0.717, 1.165) is 38.5 Å². The number of amides is 1. The quantitative estimate of drug-likeness (QED) is 0.0194. The zero-order valence-corrected chi connectivity index (χ0v) is 40.3. The Hall–Kier alpha value is -1.16. The molecule has 1 aliphatic heterocycles. The fraction of sp³-hybridized carbons (Fsp3) is 0.939. The number of hydrogen-bond acceptors (Lipinski definition) is 10. The van der Waals surface area contributed by atoms with Crippen LogP contribution in [-0.2, 0) is 28.9 Å². The molecule has 1 heterocycles. The number of allylic oxidation sites excluding steroid dienone is 1. The molecule has 1 amide bonds. The van der Waals surface area contributed by atoms with Crippen molar-refractivity contribution in [3.05, 3.63) is 12.2 Å². The summed E-state index contributed by atoms with van der Waals surface area (Å²) < 4.78 is 47.7. The van der Waals surface area contributed by atoms with E-state index in [-0.39, 0.29) is 18.9 Å². The van der Waals surface area contributed by atoms with Crippen LogP contribution in [0.25, 0.3) is 0 Å². The van der Waals surface area contributed by atoms with E-state index in [2.05, 4.69) is 23.3 Å². The van der Waals surface area contributed by atoms with Crippen LogP contribution in [0.15, 0.2) is 12.2 Å². The molecule has 0 radical (unpaired) electrons. The normalized spacial score (nSPS) is 20.5. The molecule has 0 aliphatic carbocycles. The van der Waals surface area contributed by atoms with Crippen LogP contribution >= 0.6 is 0 Å². The second-order valence-electron chi connectivity index (χ2n) is 18.1. The average Bonchev–Trinajstić information content (AvgIpc) is 3.24. The first kappa shape index (κ1) is 58.9. The van der Waals surface area contributed by atoms with E-state index < -0.39 is 59.9 Å². The molecule has 0 spiro atoms. The van der Waals surface area contributed by atoms with E-state index >= 15 is 0 Å². The van der Waals surface area contributed by atoms with Gasteiger partial charge in [0.2, 0.25) is 5.91 Å². The number of ether oxygens (including phenoxy) is 2. The Labute approximate surface area is 379 Å². The lowest BCUT2D eigenvalue weighted by Gasteiger charge is -2.41. The van der Waals surface area contributed by atoms with Crippen molar-refractivity contribution in [2.75, 3.05) is 13.2 Å². The van der Waals surface area contributed by atoms with Crippen LogP contribution in [0, 0.1) is 0 Å². The maximum atomic E-state index is 13.1. The molecule has 6 N–H and O–H groups in total. The van der Waals surface area contributed by atoms with Gasteiger partial charge in [-0.3, -0.25) is 9.35 Å². The number of unbranched alkanes of at least 4 members (excludes halogenated alkanes) is 32. The van der Waals surface area contributed by atoms with Crippen molar-refractivity contribution in [1.82, 2.24) is 5.32 Å². The largest absolute Gasteiger partial charge is 0.397 e. The first-order valence-electron chi connectivity index (χ1n) is 25.6. The summed E-state index contributed by atoms with van der Waals surface area (Å²) in [4.78, 5) is 13.1. The fourth-order valence-corrected chi connectivity index (χ4v) is 8.85. The van der Waals surface area contributed by atoms with E-state index in [1.807, 2.05) is 6.08 Å². The molecule has 13 heteroatoms. The summed E-state index contributed by atoms with van der Waals surface area (Å²) in [6, 6.07) is -0.938. The Morgan fingerprint density at radius 1 is 0.629 bits per heavy atom. The van der Waals surface area contributed by atoms with Crippen LogP contribution in [0.3, 0.4) is 0 Å². The maximum Gasteiger partial charge on any atom is 0.397 e. The number of carbonyl (C=O) groups excluding carboxylic acids is 1. The lowest BCUT2D eigenvalue weighted by atomic mass is 9.99. The van der Waals surface area contributed by atoms with Crippen molar-refractivity contribution in [1.29, 1.82) is 0 Å². The molecule has 368 valence electrons. The van der Waals surface area contributed by atoms with Gasteiger partial charge in [-0.1, -0.05) is 225 Å². The van der Waals surface area contributed by atoms with Gasteiger partial charge in [-0.05, 0) is 19.3 Å². The van der Waals surface area contributed by atoms with Gasteiger partial charge in [0.15, 0.2) is 6.29 Å². The monoisotopic (exact) mass is 906 g/mol. The second-order valence-corrected chi connectivity index (χ2v) is 19.2. The van der Waals surface area contributed by atoms with Gasteiger partial charge in [0.1, 0.15) is 24.4 Å². The number of aliphatic hydroxyl groups is 4. The van der Waals surface area contributed by atoms with Gasteiger partial charge in [0, 0.05) is 6.42 Å². The van der Waals surface area contributed by atoms with Gasteiger partial charge >= 0.3 is 10.4 Å². The van der Waals surface area contributed by atoms with Crippen molar-refractivity contribution in [3.63, 3.8) is 0 Å². The molecule has 7 atom stereocenters. The van der Waals surface area contributed by atoms with E-state index in [1.54, 1.807) is 6.08 Å². The first-order valence-corrected chi connectivity index (χ1v) is 26.9. The van der Waals surface area contributed by atoms with Gasteiger partial charge in [-0.15, -0.1) is 0 Å². The predicted molar refractivity (Wildman–Crippen MR) is 250 cm³/mol. The van der Waals surface area contributed by atoms with Crippen molar-refractivity contribution in [3.8, 4) is 0 Å². The molecule has 12 nitrogen and oxygen atoms in total. The zero-order chi connectivity index (χ0) is 45.5. The molecular weight excluding hydrogens is 811 g/mol. The smallest absolute Gasteiger partial charge is 0.394 e. The molecule has 1 rings (SSSR count). The molecule has 1 aliphatic rings. The van der Waals surface area contributed by atoms with Crippen molar-refractivity contribution < 1.29 is 51.8 Å². The summed E-state index contributed by atoms with van der Waals surface area (Å²) in [5.41, 5.74) is 0. The minimum absolute atomic E-state index is 0.258. The third-order valence-corrected chi connectivity index (χ3v) is 12.8. The Balaban J connectivity index is 2.45. The minimum atomic E-state index is -5.08. The summed E-state index contributed by atoms with van der Waals surface area (Å²) in [7, 11) is -5.08. The van der Waals surface area contributed by atoms with Crippen LogP contribution in [-0.4, -0.2) is 95.4 Å². The number of rotatable bonds is 44. The van der Waals surface area contributed by atoms with Gasteiger partial charge in [-0.2, -0.15) is 8.42 Å². The Bertz CT molecular complexity index is 1160. The summed E-state index contributed by atoms with van der Waals surface area (Å²) in [6.07, 6.45) is 36.7. The van der Waals surface area contributed by atoms with E-state index in [4.69, 9.17) is 9.47 Å². The zero-order valence-electron chi connectivity index (χ0n) is 39.5. The number of aliphatic hydroxyl groups excluding tert-OH is 4. The summed E-state index contributed by atoms with van der Waals surface area (Å²) in [5.74, 6) is -0.258. The highest BCUT2D eigenvalue weighted by atomic mass is 32.3. The molecule has 0 bridgehead atoms. The Morgan fingerprint density at radius 3 is 1.40 bits per heavy atom. The standard InChI is InChI=1S/C49H95NO11S/c1-3-5-7-9-11-13-15-17-19-21-22-23-25-27-29-31-33-35-37-39-45(53)50-42(41-59-49-47(55)48(61-62(56,57)58)46(54)44(40-51)60-49)43(52)38-36-34-32-30-28-26-24-20-18-16-14-12-10-8-6-4-2/h36,38,42-44,46-49,51-52,54-55H,3-35,37,39-41H2,1-2H3,(H,50,53)(H,56,57,58)/b38-36+. The van der Waals surface area contributed by atoms with Crippen LogP contribution in [0.2, 0.25) is 0 Å². The molecular formula is C49H95NO11S. The molecule has 0 aromatic rings. The topological polar surface area (TPSA) is 192 Å². The fourth-order valence-electron chi connectivity index (χ4n) is 8.34. The molecule has 0 aromatic heterocycles. The summed E-state index contributed by atoms with van der Waals surface area (Å²) in [6.45, 7) is 3.41. The van der Waals surface area contributed by atoms with Gasteiger partial charge in [-0.25, -0.2) is 4.18 Å². The molecule has 0 aromatic carbocycles. The molecule has 1 saturated heterocycles. The third kappa shape index (κ3) is 32.5. The van der Waals surface area contributed by atoms with Crippen LogP contribution in [0.4, 0.5) is 0 Å². The number of carbonyl (C=O) groups is 1. The van der Waals surface area contributed by atoms with Gasteiger partial charge in [0.05, 0.1) is 25.4 Å². The summed E-state index contributed by atoms with van der Waals surface area (Å²) in [5, 5.41) is 44.8. The highest BCUT2D eigenvalue weighted by Gasteiger charge is 2.48. The predicted octanol–water partition coefficient (Wildman–Crippen LogP) is 10.7. The molecule has 62 heavy (non-hydrogen) atoms. The maximum absolute atomic E-state index is 13.1. The molecule has 1 fully saturated rings. The van der Waals surface area contributed by atoms with Crippen LogP contribution in [0.1, 0.15) is 239 Å². The van der Waals surface area contributed by atoms with Crippen LogP contribution < -0.4 is 5.32 Å². The Kier molecular flexibility index (Phi) is 38.1. The molecule has 0 saturated carbocycles. The van der Waals surface area contributed by atoms with Crippen LogP contribution in [0.5, 0.6) is 0 Å². The Morgan fingerprint density at radius 2 is 1.02 bits per heavy atom. The first-order chi connectivity index (χ1) is 30.0. The van der Waals surface area contributed by atoms with E-state index in [1.165, 1.54) is 173 Å². The highest BCUT2D eigenvalue weighted by Crippen LogP contribution is 2.26. The minimum Gasteiger partial charge on any atom is -0.394 e. The SMILES string of the molecule is CCCCCCCCCCCCCCCC/C=C/C(O)C(COC1OC(CO)C(O)C(OS(=O)(=O)O)C1O)NC(=O)CCCCCCCCCCCCCCCCCCCCC. The van der Waals surface area contributed by atoms with Gasteiger partial charge < -0.3 is 35.2 Å². The van der Waals surface area contributed by atoms with Crippen molar-refractivity contribution in [2.24, 2.45) is 0 Å². The van der Waals surface area contributed by atoms with E-state index in [0.29, 0.717) is 6.42 Å². The highest BCUT2D eigenvalue weighted by molar-refractivity contribution is 7.80. The number of nitrogens with one attached hydrogen (secondary N) is 1. The lowest BCUT2D eigenvalue weighted by Crippen LogP contribution is -2.61. The van der Waals surface area contributed by atoms with E-state index in [9.17, 15) is 38.2 Å². The second kappa shape index (κ2) is 40.1.